The molecule has 2 rings (SSSR count). The summed E-state index contributed by atoms with van der Waals surface area (Å²) < 4.78 is 0. The molecule has 1 atom stereocenters. The first kappa shape index (κ1) is 24.1. The number of nitrogens with one attached hydrogen (secondary N) is 2. The third-order valence-electron chi connectivity index (χ3n) is 4.67. The minimum atomic E-state index is 0. The fourth-order valence-electron chi connectivity index (χ4n) is 3.14. The van der Waals surface area contributed by atoms with E-state index in [1.54, 1.807) is 11.3 Å². The van der Waals surface area contributed by atoms with Crippen molar-refractivity contribution < 1.29 is 4.79 Å². The molecule has 0 aromatic carbocycles. The van der Waals surface area contributed by atoms with Gasteiger partial charge in [-0.25, -0.2) is 9.98 Å². The maximum absolute atomic E-state index is 11.9. The molecule has 1 aromatic heterocycles. The molecule has 0 bridgehead atoms. The molecule has 1 unspecified atom stereocenters. The highest BCUT2D eigenvalue weighted by atomic mass is 127. The van der Waals surface area contributed by atoms with Gasteiger partial charge < -0.3 is 15.5 Å². The van der Waals surface area contributed by atoms with Gasteiger partial charge in [-0.2, -0.15) is 0 Å². The number of aromatic nitrogens is 1. The van der Waals surface area contributed by atoms with Gasteiger partial charge in [-0.1, -0.05) is 20.8 Å². The van der Waals surface area contributed by atoms with Crippen molar-refractivity contribution in [2.45, 2.75) is 71.9 Å². The van der Waals surface area contributed by atoms with Crippen LogP contribution in [0, 0.1) is 0 Å². The smallest absolute Gasteiger partial charge is 0.222 e. The standard InChI is InChI=1S/C19H33N5OS.HI/c1-5-15(24-11-7-8-18(24)25)9-10-21-19(20-6-2)22-12-17-23-16(13-26-17)14(3)4;/h13-15H,5-12H2,1-4H3,(H2,20,21,22);1H. The molecule has 2 heterocycles. The van der Waals surface area contributed by atoms with Crippen LogP contribution in [0.5, 0.6) is 0 Å². The predicted molar refractivity (Wildman–Crippen MR) is 124 cm³/mol. The first-order valence-corrected chi connectivity index (χ1v) is 10.7. The number of hydrogen-bond acceptors (Lipinski definition) is 4. The number of thiazole rings is 1. The van der Waals surface area contributed by atoms with Crippen LogP contribution in [-0.4, -0.2) is 47.4 Å². The maximum atomic E-state index is 11.9. The van der Waals surface area contributed by atoms with Gasteiger partial charge >= 0.3 is 0 Å². The largest absolute Gasteiger partial charge is 0.357 e. The van der Waals surface area contributed by atoms with E-state index in [-0.39, 0.29) is 24.0 Å². The number of nitrogens with zero attached hydrogens (tertiary/aromatic N) is 3. The van der Waals surface area contributed by atoms with Crippen LogP contribution in [0.2, 0.25) is 0 Å². The quantitative estimate of drug-likeness (QED) is 0.304. The number of likely N-dealkylation sites (tertiary alicyclic amines) is 1. The Bertz CT molecular complexity index is 605. The molecule has 1 aliphatic rings. The van der Waals surface area contributed by atoms with E-state index in [0.29, 0.717) is 30.8 Å². The zero-order valence-electron chi connectivity index (χ0n) is 17.0. The summed E-state index contributed by atoms with van der Waals surface area (Å²) in [4.78, 5) is 23.3. The minimum absolute atomic E-state index is 0. The van der Waals surface area contributed by atoms with E-state index >= 15 is 0 Å². The van der Waals surface area contributed by atoms with E-state index in [4.69, 9.17) is 0 Å². The van der Waals surface area contributed by atoms with Crippen LogP contribution in [0.25, 0.3) is 0 Å². The summed E-state index contributed by atoms with van der Waals surface area (Å²) in [5.74, 6) is 1.58. The Morgan fingerprint density at radius 1 is 1.37 bits per heavy atom. The number of hydrogen-bond donors (Lipinski definition) is 2. The summed E-state index contributed by atoms with van der Waals surface area (Å²) in [6.45, 7) is 11.7. The zero-order valence-corrected chi connectivity index (χ0v) is 20.1. The molecule has 6 nitrogen and oxygen atoms in total. The second-order valence-corrected chi connectivity index (χ2v) is 7.93. The van der Waals surface area contributed by atoms with Crippen LogP contribution in [0.15, 0.2) is 10.4 Å². The average molecular weight is 507 g/mol. The molecule has 8 heteroatoms. The van der Waals surface area contributed by atoms with E-state index in [9.17, 15) is 4.79 Å². The molecular weight excluding hydrogens is 473 g/mol. The average Bonchev–Trinajstić information content (AvgIpc) is 3.26. The van der Waals surface area contributed by atoms with Gasteiger partial charge in [0.25, 0.3) is 0 Å². The molecule has 0 saturated carbocycles. The summed E-state index contributed by atoms with van der Waals surface area (Å²) >= 11 is 1.67. The SMILES string of the molecule is CCNC(=NCc1nc(C(C)C)cs1)NCCC(CC)N1CCCC1=O.I. The van der Waals surface area contributed by atoms with Gasteiger partial charge in [0.05, 0.1) is 12.2 Å². The number of carbonyl (C=O) groups is 1. The van der Waals surface area contributed by atoms with Crippen LogP contribution < -0.4 is 10.6 Å². The van der Waals surface area contributed by atoms with Crippen LogP contribution >= 0.6 is 35.3 Å². The van der Waals surface area contributed by atoms with Gasteiger partial charge in [-0.05, 0) is 32.1 Å². The first-order valence-electron chi connectivity index (χ1n) is 9.81. The Balaban J connectivity index is 0.00000364. The summed E-state index contributed by atoms with van der Waals surface area (Å²) in [6, 6.07) is 0.327. The van der Waals surface area contributed by atoms with E-state index in [2.05, 4.69) is 58.6 Å². The van der Waals surface area contributed by atoms with Crippen molar-refractivity contribution in [1.29, 1.82) is 0 Å². The molecule has 154 valence electrons. The molecule has 1 fully saturated rings. The van der Waals surface area contributed by atoms with Gasteiger partial charge in [-0.15, -0.1) is 35.3 Å². The molecule has 0 radical (unpaired) electrons. The summed E-state index contributed by atoms with van der Waals surface area (Å²) in [7, 11) is 0. The topological polar surface area (TPSA) is 69.6 Å². The van der Waals surface area contributed by atoms with E-state index in [1.165, 1.54) is 0 Å². The Morgan fingerprint density at radius 3 is 2.70 bits per heavy atom. The van der Waals surface area contributed by atoms with Gasteiger partial charge in [-0.3, -0.25) is 4.79 Å². The molecule has 27 heavy (non-hydrogen) atoms. The predicted octanol–water partition coefficient (Wildman–Crippen LogP) is 3.73. The van der Waals surface area contributed by atoms with Crippen LogP contribution in [0.4, 0.5) is 0 Å². The van der Waals surface area contributed by atoms with Gasteiger partial charge in [0.15, 0.2) is 5.96 Å². The number of guanidine groups is 1. The highest BCUT2D eigenvalue weighted by molar-refractivity contribution is 14.0. The molecule has 1 saturated heterocycles. The van der Waals surface area contributed by atoms with Crippen LogP contribution in [-0.2, 0) is 11.3 Å². The normalized spacial score (nSPS) is 15.8. The van der Waals surface area contributed by atoms with Crippen molar-refractivity contribution in [2.24, 2.45) is 4.99 Å². The number of amides is 1. The number of carbonyl (C=O) groups excluding carboxylic acids is 1. The van der Waals surface area contributed by atoms with E-state index in [1.807, 2.05) is 0 Å². The molecule has 1 aromatic rings. The van der Waals surface area contributed by atoms with Gasteiger partial charge in [0.2, 0.25) is 5.91 Å². The molecule has 1 amide bonds. The molecule has 2 N–H and O–H groups in total. The van der Waals surface area contributed by atoms with Crippen molar-refractivity contribution >= 4 is 47.2 Å². The van der Waals surface area contributed by atoms with Gasteiger partial charge in [0, 0.05) is 37.5 Å². The molecular formula is C19H34IN5OS. The van der Waals surface area contributed by atoms with Crippen molar-refractivity contribution in [2.75, 3.05) is 19.6 Å². The number of aliphatic imine (C=N–C) groups is 1. The third kappa shape index (κ3) is 7.56. The minimum Gasteiger partial charge on any atom is -0.357 e. The molecule has 0 aliphatic carbocycles. The lowest BCUT2D eigenvalue weighted by atomic mass is 10.1. The fraction of sp³-hybridized carbons (Fsp3) is 0.737. The Labute approximate surface area is 184 Å². The van der Waals surface area contributed by atoms with E-state index < -0.39 is 0 Å². The van der Waals surface area contributed by atoms with Crippen molar-refractivity contribution in [3.05, 3.63) is 16.1 Å². The summed E-state index contributed by atoms with van der Waals surface area (Å²) in [5, 5.41) is 9.85. The first-order chi connectivity index (χ1) is 12.5. The fourth-order valence-corrected chi connectivity index (χ4v) is 4.02. The highest BCUT2D eigenvalue weighted by Gasteiger charge is 2.26. The molecule has 0 spiro atoms. The lowest BCUT2D eigenvalue weighted by molar-refractivity contribution is -0.129. The summed E-state index contributed by atoms with van der Waals surface area (Å²) in [5.41, 5.74) is 1.14. The van der Waals surface area contributed by atoms with Gasteiger partial charge in [0.1, 0.15) is 5.01 Å². The van der Waals surface area contributed by atoms with Crippen molar-refractivity contribution in [1.82, 2.24) is 20.5 Å². The third-order valence-corrected chi connectivity index (χ3v) is 5.52. The van der Waals surface area contributed by atoms with E-state index in [0.717, 1.165) is 55.6 Å². The Hall–Kier alpha value is -0.900. The maximum Gasteiger partial charge on any atom is 0.222 e. The lowest BCUT2D eigenvalue weighted by Gasteiger charge is -2.27. The second kappa shape index (κ2) is 12.5. The highest BCUT2D eigenvalue weighted by Crippen LogP contribution is 2.19. The second-order valence-electron chi connectivity index (χ2n) is 6.98. The lowest BCUT2D eigenvalue weighted by Crippen LogP contribution is -2.42. The van der Waals surface area contributed by atoms with Crippen LogP contribution in [0.1, 0.15) is 70.0 Å². The number of halogens is 1. The molecule has 1 aliphatic heterocycles. The van der Waals surface area contributed by atoms with Crippen molar-refractivity contribution in [3.63, 3.8) is 0 Å². The number of rotatable bonds is 9. The Kier molecular flexibility index (Phi) is 11.2. The van der Waals surface area contributed by atoms with Crippen LogP contribution in [0.3, 0.4) is 0 Å². The monoisotopic (exact) mass is 507 g/mol. The Morgan fingerprint density at radius 2 is 2.15 bits per heavy atom. The van der Waals surface area contributed by atoms with Crippen molar-refractivity contribution in [3.8, 4) is 0 Å². The summed E-state index contributed by atoms with van der Waals surface area (Å²) in [6.07, 6.45) is 3.65. The zero-order chi connectivity index (χ0) is 18.9.